The lowest BCUT2D eigenvalue weighted by Crippen LogP contribution is -2.20. The minimum Gasteiger partial charge on any atom is -0.478 e. The van der Waals surface area contributed by atoms with Crippen LogP contribution < -0.4 is 5.32 Å². The lowest BCUT2D eigenvalue weighted by Gasteiger charge is -2.05. The Kier molecular flexibility index (Phi) is 4.46. The number of nitrogens with one attached hydrogen (secondary N) is 1. The second kappa shape index (κ2) is 5.84. The van der Waals surface area contributed by atoms with E-state index in [0.29, 0.717) is 6.54 Å². The molecule has 17 heavy (non-hydrogen) atoms. The van der Waals surface area contributed by atoms with Crippen LogP contribution in [0.15, 0.2) is 30.4 Å². The molecule has 0 spiro atoms. The highest BCUT2D eigenvalue weighted by Crippen LogP contribution is 2.09. The van der Waals surface area contributed by atoms with Gasteiger partial charge in [-0.25, -0.2) is 4.79 Å². The highest BCUT2D eigenvalue weighted by atomic mass is 16.4. The monoisotopic (exact) mass is 233 g/mol. The first-order chi connectivity index (χ1) is 7.99. The van der Waals surface area contributed by atoms with Gasteiger partial charge in [0.1, 0.15) is 0 Å². The van der Waals surface area contributed by atoms with Gasteiger partial charge in [0.05, 0.1) is 0 Å². The largest absolute Gasteiger partial charge is 0.478 e. The van der Waals surface area contributed by atoms with Gasteiger partial charge >= 0.3 is 5.97 Å². The summed E-state index contributed by atoms with van der Waals surface area (Å²) in [4.78, 5) is 21.4. The predicted molar refractivity (Wildman–Crippen MR) is 64.5 cm³/mol. The van der Waals surface area contributed by atoms with Crippen LogP contribution in [0, 0.1) is 13.8 Å². The second-order valence-corrected chi connectivity index (χ2v) is 3.81. The van der Waals surface area contributed by atoms with Crippen molar-refractivity contribution in [2.45, 2.75) is 20.4 Å². The van der Waals surface area contributed by atoms with E-state index in [1.54, 1.807) is 0 Å². The Morgan fingerprint density at radius 2 is 1.94 bits per heavy atom. The first-order valence-electron chi connectivity index (χ1n) is 5.24. The molecule has 1 aromatic rings. The van der Waals surface area contributed by atoms with Crippen molar-refractivity contribution in [1.29, 1.82) is 0 Å². The van der Waals surface area contributed by atoms with Gasteiger partial charge in [-0.1, -0.05) is 18.2 Å². The van der Waals surface area contributed by atoms with E-state index in [1.165, 1.54) is 5.56 Å². The van der Waals surface area contributed by atoms with Crippen LogP contribution in [0.25, 0.3) is 0 Å². The number of hydrogen-bond acceptors (Lipinski definition) is 2. The van der Waals surface area contributed by atoms with Crippen molar-refractivity contribution in [2.75, 3.05) is 0 Å². The predicted octanol–water partition coefficient (Wildman–Crippen LogP) is 1.56. The Balaban J connectivity index is 2.53. The molecule has 0 fully saturated rings. The number of benzene rings is 1. The van der Waals surface area contributed by atoms with Crippen LogP contribution in [0.1, 0.15) is 16.7 Å². The van der Waals surface area contributed by atoms with Crippen molar-refractivity contribution in [3.63, 3.8) is 0 Å². The number of amides is 1. The van der Waals surface area contributed by atoms with E-state index >= 15 is 0 Å². The maximum absolute atomic E-state index is 11.2. The van der Waals surface area contributed by atoms with Crippen LogP contribution in [0.4, 0.5) is 0 Å². The van der Waals surface area contributed by atoms with Gasteiger partial charge in [0.2, 0.25) is 5.91 Å². The van der Waals surface area contributed by atoms with Crippen LogP contribution in [-0.4, -0.2) is 17.0 Å². The summed E-state index contributed by atoms with van der Waals surface area (Å²) in [5.41, 5.74) is 3.36. The summed E-state index contributed by atoms with van der Waals surface area (Å²) in [6.45, 7) is 4.42. The Hall–Kier alpha value is -2.10. The summed E-state index contributed by atoms with van der Waals surface area (Å²) in [5, 5.41) is 11.0. The van der Waals surface area contributed by atoms with E-state index in [1.807, 2.05) is 32.0 Å². The fourth-order valence-corrected chi connectivity index (χ4v) is 1.31. The maximum atomic E-state index is 11.2. The van der Waals surface area contributed by atoms with Gasteiger partial charge in [-0.3, -0.25) is 4.79 Å². The zero-order valence-electron chi connectivity index (χ0n) is 9.86. The van der Waals surface area contributed by atoms with Crippen molar-refractivity contribution < 1.29 is 14.7 Å². The number of carbonyl (C=O) groups is 2. The third-order valence-corrected chi connectivity index (χ3v) is 2.42. The molecule has 1 rings (SSSR count). The number of carbonyl (C=O) groups excluding carboxylic acids is 1. The average molecular weight is 233 g/mol. The Morgan fingerprint density at radius 1 is 1.24 bits per heavy atom. The van der Waals surface area contributed by atoms with Crippen molar-refractivity contribution in [3.05, 3.63) is 47.0 Å². The molecule has 0 atom stereocenters. The number of rotatable bonds is 4. The molecule has 1 aromatic carbocycles. The van der Waals surface area contributed by atoms with Crippen molar-refractivity contribution >= 4 is 11.9 Å². The molecule has 0 heterocycles. The molecule has 4 nitrogen and oxygen atoms in total. The number of carboxylic acids is 1. The van der Waals surface area contributed by atoms with Crippen LogP contribution >= 0.6 is 0 Å². The van der Waals surface area contributed by atoms with Gasteiger partial charge in [-0.2, -0.15) is 0 Å². The number of hydrogen-bond donors (Lipinski definition) is 2. The van der Waals surface area contributed by atoms with E-state index < -0.39 is 11.9 Å². The highest BCUT2D eigenvalue weighted by Gasteiger charge is 1.99. The van der Waals surface area contributed by atoms with Gasteiger partial charge in [-0.05, 0) is 30.5 Å². The molecule has 4 heteroatoms. The normalized spacial score (nSPS) is 10.5. The smallest absolute Gasteiger partial charge is 0.328 e. The fourth-order valence-electron chi connectivity index (χ4n) is 1.31. The van der Waals surface area contributed by atoms with Gasteiger partial charge in [0, 0.05) is 18.7 Å². The average Bonchev–Trinajstić information content (AvgIpc) is 2.28. The highest BCUT2D eigenvalue weighted by molar-refractivity contribution is 5.93. The molecule has 1 amide bonds. The van der Waals surface area contributed by atoms with Crippen molar-refractivity contribution in [1.82, 2.24) is 5.32 Å². The van der Waals surface area contributed by atoms with E-state index in [4.69, 9.17) is 5.11 Å². The summed E-state index contributed by atoms with van der Waals surface area (Å²) in [7, 11) is 0. The molecule has 0 radical (unpaired) electrons. The summed E-state index contributed by atoms with van der Waals surface area (Å²) in [5.74, 6) is -1.54. The van der Waals surface area contributed by atoms with E-state index in [-0.39, 0.29) is 0 Å². The maximum Gasteiger partial charge on any atom is 0.328 e. The molecule has 0 bridgehead atoms. The lowest BCUT2D eigenvalue weighted by atomic mass is 10.1. The summed E-state index contributed by atoms with van der Waals surface area (Å²) in [6.07, 6.45) is 1.82. The third-order valence-electron chi connectivity index (χ3n) is 2.42. The fraction of sp³-hybridized carbons (Fsp3) is 0.231. The molecule has 0 unspecified atom stereocenters. The first-order valence-corrected chi connectivity index (χ1v) is 5.24. The van der Waals surface area contributed by atoms with Crippen LogP contribution in [0.5, 0.6) is 0 Å². The Labute approximate surface area is 100.0 Å². The first kappa shape index (κ1) is 13.0. The molecule has 0 aromatic heterocycles. The standard InChI is InChI=1S/C13H15NO3/c1-9-3-4-11(7-10(9)2)8-14-12(15)5-6-13(16)17/h3-7H,8H2,1-2H3,(H,14,15)(H,16,17)/b6-5+. The molecule has 2 N–H and O–H groups in total. The van der Waals surface area contributed by atoms with Crippen LogP contribution in [0.2, 0.25) is 0 Å². The minimum absolute atomic E-state index is 0.393. The molecule has 90 valence electrons. The lowest BCUT2D eigenvalue weighted by molar-refractivity contribution is -0.131. The summed E-state index contributed by atoms with van der Waals surface area (Å²) in [6, 6.07) is 5.92. The second-order valence-electron chi connectivity index (χ2n) is 3.81. The van der Waals surface area contributed by atoms with Crippen molar-refractivity contribution in [3.8, 4) is 0 Å². The Morgan fingerprint density at radius 3 is 2.53 bits per heavy atom. The van der Waals surface area contributed by atoms with E-state index in [0.717, 1.165) is 23.3 Å². The van der Waals surface area contributed by atoms with Crippen LogP contribution in [0.3, 0.4) is 0 Å². The van der Waals surface area contributed by atoms with Gasteiger partial charge in [-0.15, -0.1) is 0 Å². The molecular formula is C13H15NO3. The molecule has 0 saturated carbocycles. The van der Waals surface area contributed by atoms with Gasteiger partial charge in [0.25, 0.3) is 0 Å². The molecule has 0 aliphatic heterocycles. The molecule has 0 aliphatic rings. The van der Waals surface area contributed by atoms with Gasteiger partial charge in [0.15, 0.2) is 0 Å². The van der Waals surface area contributed by atoms with E-state index in [9.17, 15) is 9.59 Å². The van der Waals surface area contributed by atoms with Crippen molar-refractivity contribution in [2.24, 2.45) is 0 Å². The van der Waals surface area contributed by atoms with E-state index in [2.05, 4.69) is 5.32 Å². The number of aliphatic carboxylic acids is 1. The Bertz CT molecular complexity index is 464. The summed E-state index contributed by atoms with van der Waals surface area (Å²) >= 11 is 0. The minimum atomic E-state index is -1.13. The molecular weight excluding hydrogens is 218 g/mol. The number of aryl methyl sites for hydroxylation is 2. The number of carboxylic acid groups (broad SMARTS) is 1. The summed E-state index contributed by atoms with van der Waals surface area (Å²) < 4.78 is 0. The topological polar surface area (TPSA) is 66.4 Å². The van der Waals surface area contributed by atoms with Crippen LogP contribution in [-0.2, 0) is 16.1 Å². The molecule has 0 saturated heterocycles. The quantitative estimate of drug-likeness (QED) is 0.775. The SMILES string of the molecule is Cc1ccc(CNC(=O)/C=C/C(=O)O)cc1C. The van der Waals surface area contributed by atoms with Gasteiger partial charge < -0.3 is 10.4 Å². The zero-order valence-corrected chi connectivity index (χ0v) is 9.86. The third kappa shape index (κ3) is 4.51. The zero-order chi connectivity index (χ0) is 12.8. The molecule has 0 aliphatic carbocycles.